The number of halogens is 3. The van der Waals surface area contributed by atoms with Crippen LogP contribution in [0.4, 0.5) is 24.9 Å². The van der Waals surface area contributed by atoms with Crippen molar-refractivity contribution < 1.29 is 22.7 Å². The molecule has 1 aliphatic carbocycles. The van der Waals surface area contributed by atoms with Gasteiger partial charge in [-0.2, -0.15) is 13.2 Å². The number of alkyl halides is 3. The van der Waals surface area contributed by atoms with E-state index in [1.54, 1.807) is 18.2 Å². The number of anilines is 2. The molecular weight excluding hydrogens is 447 g/mol. The van der Waals surface area contributed by atoms with Gasteiger partial charge in [0.15, 0.2) is 0 Å². The summed E-state index contributed by atoms with van der Waals surface area (Å²) in [5.41, 5.74) is 2.89. The number of aryl methyl sites for hydroxylation is 1. The summed E-state index contributed by atoms with van der Waals surface area (Å²) in [5.74, 6) is 0.266. The third-order valence-electron chi connectivity index (χ3n) is 6.09. The van der Waals surface area contributed by atoms with Gasteiger partial charge in [-0.25, -0.2) is 4.98 Å². The van der Waals surface area contributed by atoms with E-state index in [1.807, 2.05) is 27.7 Å². The number of aromatic nitrogens is 3. The van der Waals surface area contributed by atoms with E-state index in [9.17, 15) is 18.3 Å². The Balaban J connectivity index is 1.67. The zero-order valence-electron chi connectivity index (χ0n) is 19.8. The summed E-state index contributed by atoms with van der Waals surface area (Å²) in [7, 11) is 0. The fourth-order valence-corrected chi connectivity index (χ4v) is 4.26. The number of nitrogens with one attached hydrogen (secondary N) is 2. The lowest BCUT2D eigenvalue weighted by atomic mass is 9.84. The van der Waals surface area contributed by atoms with Crippen molar-refractivity contribution in [3.63, 3.8) is 0 Å². The van der Waals surface area contributed by atoms with E-state index in [2.05, 4.69) is 20.8 Å². The molecule has 3 aromatic rings. The highest BCUT2D eigenvalue weighted by Crippen LogP contribution is 2.35. The summed E-state index contributed by atoms with van der Waals surface area (Å²) in [6, 6.07) is 5.69. The lowest BCUT2D eigenvalue weighted by Crippen LogP contribution is -2.28. The molecule has 0 saturated heterocycles. The maximum atomic E-state index is 12.8. The Labute approximate surface area is 196 Å². The topological polar surface area (TPSA) is 96.1 Å². The van der Waals surface area contributed by atoms with Crippen LogP contribution in [0.15, 0.2) is 22.6 Å². The quantitative estimate of drug-likeness (QED) is 0.441. The highest BCUT2D eigenvalue weighted by Gasteiger charge is 2.28. The first-order valence-corrected chi connectivity index (χ1v) is 11.4. The minimum Gasteiger partial charge on any atom is -0.402 e. The summed E-state index contributed by atoms with van der Waals surface area (Å²) >= 11 is 0. The molecule has 0 bridgehead atoms. The number of aliphatic hydroxyl groups is 1. The molecule has 0 spiro atoms. The second kappa shape index (κ2) is 9.05. The van der Waals surface area contributed by atoms with Crippen molar-refractivity contribution in [2.75, 3.05) is 17.2 Å². The van der Waals surface area contributed by atoms with Crippen LogP contribution in [0.1, 0.15) is 57.6 Å². The van der Waals surface area contributed by atoms with E-state index in [-0.39, 0.29) is 23.5 Å². The molecule has 0 amide bonds. The molecule has 184 valence electrons. The third-order valence-corrected chi connectivity index (χ3v) is 6.09. The number of hydrogen-bond acceptors (Lipinski definition) is 7. The number of benzene rings is 1. The van der Waals surface area contributed by atoms with Crippen molar-refractivity contribution in [3.05, 3.63) is 29.3 Å². The van der Waals surface area contributed by atoms with Gasteiger partial charge in [-0.1, -0.05) is 25.9 Å². The Morgan fingerprint density at radius 2 is 1.76 bits per heavy atom. The van der Waals surface area contributed by atoms with Gasteiger partial charge >= 0.3 is 12.2 Å². The Morgan fingerprint density at radius 1 is 1.06 bits per heavy atom. The number of hydrogen-bond donors (Lipinski definition) is 3. The largest absolute Gasteiger partial charge is 0.405 e. The van der Waals surface area contributed by atoms with Crippen LogP contribution in [-0.2, 0) is 5.41 Å². The number of aliphatic hydroxyl groups excluding tert-OH is 1. The van der Waals surface area contributed by atoms with Crippen molar-refractivity contribution in [2.24, 2.45) is 0 Å². The molecule has 10 heteroatoms. The molecule has 1 saturated carbocycles. The molecular formula is C24H30F3N5O2. The fraction of sp³-hybridized carbons (Fsp3) is 0.542. The van der Waals surface area contributed by atoms with Gasteiger partial charge in [-0.05, 0) is 67.3 Å². The Bertz CT molecular complexity index is 1160. The van der Waals surface area contributed by atoms with E-state index in [0.29, 0.717) is 22.9 Å². The molecule has 2 heterocycles. The first-order chi connectivity index (χ1) is 15.9. The van der Waals surface area contributed by atoms with Crippen LogP contribution in [0, 0.1) is 6.92 Å². The van der Waals surface area contributed by atoms with Crippen LogP contribution in [0.3, 0.4) is 0 Å². The number of fused-ring (bicyclic) bond motifs is 1. The minimum atomic E-state index is -4.31. The number of pyridine rings is 1. The summed E-state index contributed by atoms with van der Waals surface area (Å²) in [5, 5.41) is 24.4. The second-order valence-corrected chi connectivity index (χ2v) is 10.0. The van der Waals surface area contributed by atoms with Gasteiger partial charge < -0.3 is 20.2 Å². The monoisotopic (exact) mass is 477 g/mol. The average molecular weight is 478 g/mol. The highest BCUT2D eigenvalue weighted by molar-refractivity contribution is 5.90. The summed E-state index contributed by atoms with van der Waals surface area (Å²) in [6.45, 7) is 6.76. The van der Waals surface area contributed by atoms with Crippen molar-refractivity contribution in [1.29, 1.82) is 0 Å². The van der Waals surface area contributed by atoms with Crippen molar-refractivity contribution >= 4 is 22.6 Å². The lowest BCUT2D eigenvalue weighted by Gasteiger charge is -2.25. The van der Waals surface area contributed by atoms with Crippen molar-refractivity contribution in [3.8, 4) is 11.6 Å². The van der Waals surface area contributed by atoms with E-state index >= 15 is 0 Å². The van der Waals surface area contributed by atoms with Crippen molar-refractivity contribution in [2.45, 2.75) is 77.1 Å². The molecule has 34 heavy (non-hydrogen) atoms. The van der Waals surface area contributed by atoms with Gasteiger partial charge in [0.2, 0.25) is 0 Å². The summed E-state index contributed by atoms with van der Waals surface area (Å²) in [4.78, 5) is 4.79. The summed E-state index contributed by atoms with van der Waals surface area (Å²) < 4.78 is 44.1. The Kier molecular flexibility index (Phi) is 6.46. The van der Waals surface area contributed by atoms with Gasteiger partial charge in [0.1, 0.15) is 12.2 Å². The van der Waals surface area contributed by atoms with E-state index in [0.717, 1.165) is 42.2 Å². The molecule has 2 aromatic heterocycles. The normalized spacial score (nSPS) is 19.4. The maximum Gasteiger partial charge on any atom is 0.405 e. The molecule has 1 aliphatic rings. The maximum absolute atomic E-state index is 12.8. The number of nitrogens with zero attached hydrogens (tertiary/aromatic N) is 3. The van der Waals surface area contributed by atoms with Crippen molar-refractivity contribution in [1.82, 2.24) is 15.2 Å². The molecule has 3 N–H and O–H groups in total. The van der Waals surface area contributed by atoms with Crippen LogP contribution in [0.25, 0.3) is 22.5 Å². The number of rotatable bonds is 5. The van der Waals surface area contributed by atoms with Crippen LogP contribution in [-0.4, -0.2) is 45.2 Å². The molecule has 0 radical (unpaired) electrons. The van der Waals surface area contributed by atoms with Crippen LogP contribution >= 0.6 is 0 Å². The molecule has 1 fully saturated rings. The van der Waals surface area contributed by atoms with E-state index < -0.39 is 12.7 Å². The predicted octanol–water partition coefficient (Wildman–Crippen LogP) is 5.58. The molecule has 1 aromatic carbocycles. The average Bonchev–Trinajstić information content (AvgIpc) is 3.21. The third kappa shape index (κ3) is 5.60. The smallest absolute Gasteiger partial charge is 0.402 e. The van der Waals surface area contributed by atoms with Gasteiger partial charge in [-0.3, -0.25) is 0 Å². The molecule has 0 atom stereocenters. The highest BCUT2D eigenvalue weighted by atomic mass is 19.4. The van der Waals surface area contributed by atoms with Crippen LogP contribution in [0.2, 0.25) is 0 Å². The van der Waals surface area contributed by atoms with E-state index in [4.69, 9.17) is 9.40 Å². The minimum absolute atomic E-state index is 0.165. The van der Waals surface area contributed by atoms with E-state index in [1.165, 1.54) is 0 Å². The Hall–Kier alpha value is -2.88. The second-order valence-electron chi connectivity index (χ2n) is 10.0. The zero-order chi connectivity index (χ0) is 24.7. The molecule has 7 nitrogen and oxygen atoms in total. The van der Waals surface area contributed by atoms with Crippen LogP contribution in [0.5, 0.6) is 0 Å². The standard InChI is InChI=1S/C24H30F3N5O2/c1-13-9-19(21-31-32-22(34-21)29-14-5-7-16(33)8-6-14)30-20-17(13)10-15(28-12-24(25,26)27)11-18(20)23(2,3)4/h9-11,14,16,28,33H,5-8,12H2,1-4H3,(H,29,32). The van der Waals surface area contributed by atoms with Gasteiger partial charge in [0, 0.05) is 17.1 Å². The fourth-order valence-electron chi connectivity index (χ4n) is 4.26. The van der Waals surface area contributed by atoms with Crippen LogP contribution < -0.4 is 10.6 Å². The summed E-state index contributed by atoms with van der Waals surface area (Å²) in [6.07, 6.45) is -1.44. The predicted molar refractivity (Wildman–Crippen MR) is 125 cm³/mol. The molecule has 0 aliphatic heterocycles. The zero-order valence-corrected chi connectivity index (χ0v) is 19.8. The molecule has 0 unspecified atom stereocenters. The van der Waals surface area contributed by atoms with Gasteiger partial charge in [-0.15, -0.1) is 5.10 Å². The first-order valence-electron chi connectivity index (χ1n) is 11.4. The van der Waals surface area contributed by atoms with Gasteiger partial charge in [0.05, 0.1) is 11.6 Å². The Morgan fingerprint density at radius 3 is 2.41 bits per heavy atom. The first kappa shape index (κ1) is 24.3. The molecule has 4 rings (SSSR count). The lowest BCUT2D eigenvalue weighted by molar-refractivity contribution is -0.115. The SMILES string of the molecule is Cc1cc(-c2nnc(NC3CCC(O)CC3)o2)nc2c(C(C)(C)C)cc(NCC(F)(F)F)cc12. The van der Waals surface area contributed by atoms with Gasteiger partial charge in [0.25, 0.3) is 5.89 Å².